The molecule has 1 heterocycles. The summed E-state index contributed by atoms with van der Waals surface area (Å²) in [4.78, 5) is 8.52. The summed E-state index contributed by atoms with van der Waals surface area (Å²) < 4.78 is 0. The Hall–Kier alpha value is -0.850. The van der Waals surface area contributed by atoms with Crippen LogP contribution in [0.3, 0.4) is 0 Å². The molecule has 1 aromatic heterocycles. The third-order valence-electron chi connectivity index (χ3n) is 3.53. The summed E-state index contributed by atoms with van der Waals surface area (Å²) in [5.41, 5.74) is 0.696. The van der Waals surface area contributed by atoms with Crippen LogP contribution in [0.1, 0.15) is 25.3 Å². The molecule has 1 aliphatic rings. The van der Waals surface area contributed by atoms with Gasteiger partial charge in [0.2, 0.25) is 0 Å². The van der Waals surface area contributed by atoms with E-state index >= 15 is 0 Å². The Morgan fingerprint density at radius 1 is 1.50 bits per heavy atom. The first-order chi connectivity index (χ1) is 8.65. The summed E-state index contributed by atoms with van der Waals surface area (Å²) in [6, 6.07) is 0.204. The van der Waals surface area contributed by atoms with Crippen molar-refractivity contribution < 1.29 is 10.2 Å². The molecule has 5 nitrogen and oxygen atoms in total. The van der Waals surface area contributed by atoms with Crippen LogP contribution in [0, 0.1) is 5.92 Å². The van der Waals surface area contributed by atoms with E-state index < -0.39 is 0 Å². The molecule has 0 radical (unpaired) electrons. The van der Waals surface area contributed by atoms with Crippen molar-refractivity contribution in [1.29, 1.82) is 0 Å². The minimum absolute atomic E-state index is 0.0827. The van der Waals surface area contributed by atoms with Crippen LogP contribution in [0.5, 0.6) is 0 Å². The fraction of sp³-hybridized carbons (Fsp3) is 0.667. The lowest BCUT2D eigenvalue weighted by Crippen LogP contribution is -2.27. The second kappa shape index (κ2) is 5.86. The van der Waals surface area contributed by atoms with E-state index in [2.05, 4.69) is 15.3 Å². The molecule has 0 aliphatic heterocycles. The molecule has 1 aliphatic carbocycles. The molecule has 0 saturated heterocycles. The lowest BCUT2D eigenvalue weighted by Gasteiger charge is -2.21. The quantitative estimate of drug-likeness (QED) is 0.564. The third-order valence-corrected chi connectivity index (χ3v) is 4.09. The van der Waals surface area contributed by atoms with Crippen molar-refractivity contribution in [2.75, 3.05) is 11.6 Å². The summed E-state index contributed by atoms with van der Waals surface area (Å²) in [6.07, 6.45) is 5.05. The number of nitrogens with zero attached hydrogens (tertiary/aromatic N) is 2. The molecule has 0 aromatic carbocycles. The fourth-order valence-corrected chi connectivity index (χ4v) is 2.59. The second-order valence-corrected chi connectivity index (χ2v) is 5.42. The highest BCUT2D eigenvalue weighted by Crippen LogP contribution is 2.29. The maximum Gasteiger partial charge on any atom is 0.189 e. The number of nitrogens with one attached hydrogen (secondary N) is 1. The van der Waals surface area contributed by atoms with E-state index in [9.17, 15) is 10.2 Å². The van der Waals surface area contributed by atoms with Crippen molar-refractivity contribution in [3.63, 3.8) is 0 Å². The van der Waals surface area contributed by atoms with Crippen LogP contribution >= 0.6 is 11.8 Å². The van der Waals surface area contributed by atoms with Gasteiger partial charge in [-0.25, -0.2) is 9.97 Å². The van der Waals surface area contributed by atoms with Crippen LogP contribution in [-0.2, 0) is 6.61 Å². The zero-order valence-corrected chi connectivity index (χ0v) is 11.4. The first kappa shape index (κ1) is 13.6. The maximum absolute atomic E-state index is 9.75. The van der Waals surface area contributed by atoms with Crippen molar-refractivity contribution in [2.45, 2.75) is 43.7 Å². The third kappa shape index (κ3) is 2.76. The highest BCUT2D eigenvalue weighted by atomic mass is 32.2. The molecular weight excluding hydrogens is 250 g/mol. The maximum atomic E-state index is 9.75. The van der Waals surface area contributed by atoms with E-state index in [0.717, 1.165) is 12.8 Å². The van der Waals surface area contributed by atoms with Crippen LogP contribution in [-0.4, -0.2) is 38.6 Å². The van der Waals surface area contributed by atoms with Crippen LogP contribution in [0.15, 0.2) is 11.4 Å². The SMILES string of the molecule is CSc1ncc(CO)c(N[C@H]2CC[C@@H](O)[C@@H]2C)n1. The van der Waals surface area contributed by atoms with Crippen LogP contribution in [0.2, 0.25) is 0 Å². The van der Waals surface area contributed by atoms with E-state index in [4.69, 9.17) is 0 Å². The van der Waals surface area contributed by atoms with Crippen molar-refractivity contribution in [2.24, 2.45) is 5.92 Å². The van der Waals surface area contributed by atoms with Gasteiger partial charge in [0.1, 0.15) is 5.82 Å². The van der Waals surface area contributed by atoms with Gasteiger partial charge < -0.3 is 15.5 Å². The Morgan fingerprint density at radius 2 is 2.28 bits per heavy atom. The van der Waals surface area contributed by atoms with Crippen molar-refractivity contribution in [3.05, 3.63) is 11.8 Å². The summed E-state index contributed by atoms with van der Waals surface area (Å²) in [5, 5.41) is 23.1. The van der Waals surface area contributed by atoms with E-state index in [-0.39, 0.29) is 24.7 Å². The van der Waals surface area contributed by atoms with E-state index in [1.165, 1.54) is 11.8 Å². The molecule has 3 N–H and O–H groups in total. The number of rotatable bonds is 4. The zero-order valence-electron chi connectivity index (χ0n) is 10.6. The van der Waals surface area contributed by atoms with Gasteiger partial charge in [-0.15, -0.1) is 0 Å². The Balaban J connectivity index is 2.17. The van der Waals surface area contributed by atoms with Gasteiger partial charge >= 0.3 is 0 Å². The van der Waals surface area contributed by atoms with Crippen LogP contribution < -0.4 is 5.32 Å². The minimum atomic E-state index is -0.248. The van der Waals surface area contributed by atoms with Gasteiger partial charge in [-0.2, -0.15) is 0 Å². The van der Waals surface area contributed by atoms with Gasteiger partial charge in [-0.3, -0.25) is 0 Å². The van der Waals surface area contributed by atoms with Gasteiger partial charge in [-0.1, -0.05) is 18.7 Å². The zero-order chi connectivity index (χ0) is 13.1. The minimum Gasteiger partial charge on any atom is -0.393 e. The summed E-state index contributed by atoms with van der Waals surface area (Å²) in [5.74, 6) is 0.882. The van der Waals surface area contributed by atoms with E-state index in [1.807, 2.05) is 13.2 Å². The smallest absolute Gasteiger partial charge is 0.189 e. The average Bonchev–Trinajstić information content (AvgIpc) is 2.70. The molecule has 6 heteroatoms. The Morgan fingerprint density at radius 3 is 2.83 bits per heavy atom. The van der Waals surface area contributed by atoms with E-state index in [0.29, 0.717) is 16.5 Å². The predicted molar refractivity (Wildman–Crippen MR) is 71.6 cm³/mol. The molecule has 2 rings (SSSR count). The van der Waals surface area contributed by atoms with Gasteiger partial charge in [-0.05, 0) is 19.1 Å². The number of aromatic nitrogens is 2. The molecule has 1 aromatic rings. The Labute approximate surface area is 111 Å². The standard InChI is InChI=1S/C12H19N3O2S/c1-7-9(3-4-10(7)17)14-11-8(6-16)5-13-12(15-11)18-2/h5,7,9-10,16-17H,3-4,6H2,1-2H3,(H,13,14,15)/t7-,9+,10-/m1/s1. The lowest BCUT2D eigenvalue weighted by atomic mass is 10.0. The summed E-state index contributed by atoms with van der Waals surface area (Å²) in [6.45, 7) is 1.95. The van der Waals surface area contributed by atoms with Crippen LogP contribution in [0.4, 0.5) is 5.82 Å². The Kier molecular flexibility index (Phi) is 4.42. The van der Waals surface area contributed by atoms with Gasteiger partial charge in [0.25, 0.3) is 0 Å². The highest BCUT2D eigenvalue weighted by molar-refractivity contribution is 7.98. The topological polar surface area (TPSA) is 78.3 Å². The van der Waals surface area contributed by atoms with E-state index in [1.54, 1.807) is 6.20 Å². The summed E-state index contributed by atoms with van der Waals surface area (Å²) >= 11 is 1.47. The number of hydrogen-bond donors (Lipinski definition) is 3. The van der Waals surface area contributed by atoms with Gasteiger partial charge in [0, 0.05) is 23.7 Å². The highest BCUT2D eigenvalue weighted by Gasteiger charge is 2.31. The predicted octanol–water partition coefficient (Wildman–Crippen LogP) is 1.26. The first-order valence-electron chi connectivity index (χ1n) is 6.11. The molecule has 1 fully saturated rings. The molecule has 0 spiro atoms. The largest absolute Gasteiger partial charge is 0.393 e. The van der Waals surface area contributed by atoms with Crippen molar-refractivity contribution in [1.82, 2.24) is 9.97 Å². The Bertz CT molecular complexity index is 416. The van der Waals surface area contributed by atoms with Gasteiger partial charge in [0.05, 0.1) is 12.7 Å². The average molecular weight is 269 g/mol. The van der Waals surface area contributed by atoms with Crippen molar-refractivity contribution >= 4 is 17.6 Å². The normalized spacial score (nSPS) is 27.4. The molecule has 100 valence electrons. The van der Waals surface area contributed by atoms with Gasteiger partial charge in [0.15, 0.2) is 5.16 Å². The molecule has 1 saturated carbocycles. The van der Waals surface area contributed by atoms with Crippen LogP contribution in [0.25, 0.3) is 0 Å². The molecule has 3 atom stereocenters. The molecular formula is C12H19N3O2S. The number of thioether (sulfide) groups is 1. The molecule has 0 amide bonds. The first-order valence-corrected chi connectivity index (χ1v) is 7.33. The number of aliphatic hydroxyl groups is 2. The number of anilines is 1. The molecule has 18 heavy (non-hydrogen) atoms. The monoisotopic (exact) mass is 269 g/mol. The lowest BCUT2D eigenvalue weighted by molar-refractivity contribution is 0.139. The summed E-state index contributed by atoms with van der Waals surface area (Å²) in [7, 11) is 0. The molecule has 0 unspecified atom stereocenters. The second-order valence-electron chi connectivity index (χ2n) is 4.64. The molecule has 0 bridgehead atoms. The number of hydrogen-bond acceptors (Lipinski definition) is 6. The van der Waals surface area contributed by atoms with Crippen molar-refractivity contribution in [3.8, 4) is 0 Å². The number of aliphatic hydroxyl groups excluding tert-OH is 2. The fourth-order valence-electron chi connectivity index (χ4n) is 2.25.